The number of benzene rings is 1. The van der Waals surface area contributed by atoms with Crippen LogP contribution >= 0.6 is 31.9 Å². The van der Waals surface area contributed by atoms with Gasteiger partial charge in [0.1, 0.15) is 5.82 Å². The van der Waals surface area contributed by atoms with Crippen LogP contribution in [0.15, 0.2) is 33.7 Å². The number of carbonyl (C=O) groups is 1. The second-order valence-corrected chi connectivity index (χ2v) is 4.09. The average Bonchev–Trinajstić information content (AvgIpc) is 2.10. The second-order valence-electron chi connectivity index (χ2n) is 2.32. The van der Waals surface area contributed by atoms with Gasteiger partial charge in [0.25, 0.3) is 0 Å². The Kier molecular flexibility index (Phi) is 3.39. The van der Waals surface area contributed by atoms with E-state index in [4.69, 9.17) is 0 Å². The summed E-state index contributed by atoms with van der Waals surface area (Å²) in [7, 11) is 0. The largest absolute Gasteiger partial charge is 0.289 e. The predicted octanol–water partition coefficient (Wildman–Crippen LogP) is 3.72. The zero-order valence-corrected chi connectivity index (χ0v) is 9.65. The number of hydrogen-bond donors (Lipinski definition) is 0. The van der Waals surface area contributed by atoms with Crippen LogP contribution in [0.2, 0.25) is 0 Å². The van der Waals surface area contributed by atoms with Crippen molar-refractivity contribution < 1.29 is 9.18 Å². The van der Waals surface area contributed by atoms with Crippen LogP contribution < -0.4 is 0 Å². The summed E-state index contributed by atoms with van der Waals surface area (Å²) in [6, 6.07) is 2.96. The van der Waals surface area contributed by atoms with Gasteiger partial charge in [-0.25, -0.2) is 4.39 Å². The normalized spacial score (nSPS) is 9.77. The van der Waals surface area contributed by atoms with Crippen LogP contribution in [0.3, 0.4) is 0 Å². The van der Waals surface area contributed by atoms with Gasteiger partial charge in [0, 0.05) is 4.47 Å². The summed E-state index contributed by atoms with van der Waals surface area (Å²) in [6.45, 7) is 3.29. The topological polar surface area (TPSA) is 17.1 Å². The van der Waals surface area contributed by atoms with Crippen LogP contribution in [-0.4, -0.2) is 5.78 Å². The third kappa shape index (κ3) is 2.25. The van der Waals surface area contributed by atoms with Gasteiger partial charge >= 0.3 is 0 Å². The van der Waals surface area contributed by atoms with E-state index in [1.165, 1.54) is 12.1 Å². The molecular weight excluding hydrogens is 303 g/mol. The molecule has 13 heavy (non-hydrogen) atoms. The van der Waals surface area contributed by atoms with Crippen LogP contribution in [0.5, 0.6) is 0 Å². The van der Waals surface area contributed by atoms with Crippen molar-refractivity contribution in [2.45, 2.75) is 0 Å². The van der Waals surface area contributed by atoms with Gasteiger partial charge in [0.2, 0.25) is 0 Å². The van der Waals surface area contributed by atoms with Crippen molar-refractivity contribution in [1.29, 1.82) is 0 Å². The molecule has 0 fully saturated rings. The lowest BCUT2D eigenvalue weighted by atomic mass is 10.1. The van der Waals surface area contributed by atoms with Gasteiger partial charge in [0.15, 0.2) is 5.78 Å². The Bertz CT molecular complexity index is 374. The van der Waals surface area contributed by atoms with Crippen LogP contribution in [0, 0.1) is 5.82 Å². The van der Waals surface area contributed by atoms with Gasteiger partial charge in [-0.1, -0.05) is 22.5 Å². The molecule has 0 radical (unpaired) electrons. The summed E-state index contributed by atoms with van der Waals surface area (Å²) in [4.78, 5) is 11.1. The van der Waals surface area contributed by atoms with Gasteiger partial charge in [-0.2, -0.15) is 0 Å². The maximum absolute atomic E-state index is 13.3. The number of halogens is 3. The molecule has 0 saturated heterocycles. The maximum Gasteiger partial charge on any atom is 0.188 e. The van der Waals surface area contributed by atoms with Crippen LogP contribution in [0.1, 0.15) is 10.4 Å². The summed E-state index contributed by atoms with van der Waals surface area (Å²) >= 11 is 6.16. The molecule has 0 saturated carbocycles. The van der Waals surface area contributed by atoms with Crippen molar-refractivity contribution in [1.82, 2.24) is 0 Å². The summed E-state index contributed by atoms with van der Waals surface area (Å²) < 4.78 is 14.2. The molecule has 0 amide bonds. The van der Waals surface area contributed by atoms with E-state index in [9.17, 15) is 9.18 Å². The highest BCUT2D eigenvalue weighted by Gasteiger charge is 2.12. The molecule has 0 atom stereocenters. The van der Waals surface area contributed by atoms with Crippen molar-refractivity contribution in [2.24, 2.45) is 0 Å². The fourth-order valence-electron chi connectivity index (χ4n) is 0.845. The lowest BCUT2D eigenvalue weighted by Gasteiger charge is -2.01. The van der Waals surface area contributed by atoms with E-state index < -0.39 is 11.6 Å². The molecule has 0 unspecified atom stereocenters. The highest BCUT2D eigenvalue weighted by atomic mass is 79.9. The molecule has 1 rings (SSSR count). The third-order valence-corrected chi connectivity index (χ3v) is 2.48. The predicted molar refractivity (Wildman–Crippen MR) is 56.3 cm³/mol. The number of rotatable bonds is 2. The first-order valence-corrected chi connectivity index (χ1v) is 4.96. The minimum atomic E-state index is -0.562. The van der Waals surface area contributed by atoms with Crippen molar-refractivity contribution in [3.05, 3.63) is 45.1 Å². The first-order valence-electron chi connectivity index (χ1n) is 3.37. The average molecular weight is 308 g/mol. The fourth-order valence-corrected chi connectivity index (χ4v) is 2.07. The van der Waals surface area contributed by atoms with Crippen molar-refractivity contribution in [3.63, 3.8) is 0 Å². The van der Waals surface area contributed by atoms with Crippen LogP contribution in [-0.2, 0) is 0 Å². The molecule has 4 heteroatoms. The van der Waals surface area contributed by atoms with E-state index in [0.29, 0.717) is 4.47 Å². The molecular formula is C9H5Br2FO. The monoisotopic (exact) mass is 306 g/mol. The Morgan fingerprint density at radius 1 is 1.46 bits per heavy atom. The SMILES string of the molecule is C=CC(=O)c1cc(Br)cc(Br)c1F. The Morgan fingerprint density at radius 3 is 2.62 bits per heavy atom. The van der Waals surface area contributed by atoms with E-state index >= 15 is 0 Å². The van der Waals surface area contributed by atoms with E-state index in [2.05, 4.69) is 38.4 Å². The number of hydrogen-bond acceptors (Lipinski definition) is 1. The van der Waals surface area contributed by atoms with E-state index in [0.717, 1.165) is 6.08 Å². The second kappa shape index (κ2) is 4.15. The maximum atomic E-state index is 13.3. The van der Waals surface area contributed by atoms with E-state index in [-0.39, 0.29) is 10.0 Å². The smallest absolute Gasteiger partial charge is 0.188 e. The van der Waals surface area contributed by atoms with E-state index in [1.807, 2.05) is 0 Å². The third-order valence-electron chi connectivity index (χ3n) is 1.44. The van der Waals surface area contributed by atoms with Gasteiger partial charge in [-0.15, -0.1) is 0 Å². The van der Waals surface area contributed by atoms with Crippen LogP contribution in [0.25, 0.3) is 0 Å². The highest BCUT2D eigenvalue weighted by molar-refractivity contribution is 9.11. The summed E-state index contributed by atoms with van der Waals surface area (Å²) in [6.07, 6.45) is 1.08. The molecule has 0 N–H and O–H groups in total. The van der Waals surface area contributed by atoms with Gasteiger partial charge in [0.05, 0.1) is 10.0 Å². The number of ketones is 1. The number of allylic oxidation sites excluding steroid dienone is 1. The standard InChI is InChI=1S/C9H5Br2FO/c1-2-8(13)6-3-5(10)4-7(11)9(6)12/h2-4H,1H2. The molecule has 0 aliphatic heterocycles. The molecule has 0 bridgehead atoms. The fraction of sp³-hybridized carbons (Fsp3) is 0. The zero-order valence-electron chi connectivity index (χ0n) is 6.48. The summed E-state index contributed by atoms with van der Waals surface area (Å²) in [5, 5.41) is 0. The highest BCUT2D eigenvalue weighted by Crippen LogP contribution is 2.24. The molecule has 0 aliphatic rings. The Balaban J connectivity index is 3.36. The molecule has 68 valence electrons. The summed E-state index contributed by atoms with van der Waals surface area (Å²) in [5.41, 5.74) is 0.0104. The lowest BCUT2D eigenvalue weighted by molar-refractivity contribution is 0.104. The molecule has 0 aliphatic carbocycles. The quantitative estimate of drug-likeness (QED) is 0.462. The van der Waals surface area contributed by atoms with Crippen molar-refractivity contribution in [2.75, 3.05) is 0 Å². The van der Waals surface area contributed by atoms with Gasteiger partial charge in [-0.05, 0) is 34.1 Å². The first-order chi connectivity index (χ1) is 6.06. The minimum absolute atomic E-state index is 0.0104. The van der Waals surface area contributed by atoms with Crippen molar-refractivity contribution >= 4 is 37.6 Å². The first kappa shape index (κ1) is 10.6. The number of carbonyl (C=O) groups excluding carboxylic acids is 1. The Hall–Kier alpha value is -0.480. The Morgan fingerprint density at radius 2 is 2.08 bits per heavy atom. The van der Waals surface area contributed by atoms with Crippen molar-refractivity contribution in [3.8, 4) is 0 Å². The van der Waals surface area contributed by atoms with E-state index in [1.54, 1.807) is 0 Å². The molecule has 1 aromatic carbocycles. The van der Waals surface area contributed by atoms with Crippen LogP contribution in [0.4, 0.5) is 4.39 Å². The zero-order chi connectivity index (χ0) is 10.0. The molecule has 1 nitrogen and oxygen atoms in total. The van der Waals surface area contributed by atoms with Gasteiger partial charge in [-0.3, -0.25) is 4.79 Å². The molecule has 0 spiro atoms. The summed E-state index contributed by atoms with van der Waals surface area (Å²) in [5.74, 6) is -0.993. The minimum Gasteiger partial charge on any atom is -0.289 e. The van der Waals surface area contributed by atoms with Gasteiger partial charge < -0.3 is 0 Å². The molecule has 1 aromatic rings. The molecule has 0 heterocycles. The lowest BCUT2D eigenvalue weighted by Crippen LogP contribution is -1.99. The molecule has 0 aromatic heterocycles. The Labute approximate surface area is 91.9 Å².